The van der Waals surface area contributed by atoms with Gasteiger partial charge in [-0.2, -0.15) is 0 Å². The molecule has 0 saturated carbocycles. The molecular formula is C9H16N2O6. The van der Waals surface area contributed by atoms with Gasteiger partial charge in [0, 0.05) is 6.54 Å². The van der Waals surface area contributed by atoms with Crippen LogP contribution in [0.2, 0.25) is 0 Å². The number of rotatable bonds is 4. The number of aliphatic hydroxyl groups excluding tert-OH is 2. The van der Waals surface area contributed by atoms with Gasteiger partial charge in [0.2, 0.25) is 0 Å². The Hall–Kier alpha value is -1.38. The highest BCUT2D eigenvalue weighted by Crippen LogP contribution is 2.06. The van der Waals surface area contributed by atoms with Crippen molar-refractivity contribution in [2.75, 3.05) is 33.0 Å². The Morgan fingerprint density at radius 3 is 2.71 bits per heavy atom. The van der Waals surface area contributed by atoms with E-state index in [9.17, 15) is 9.59 Å². The molecule has 1 aliphatic heterocycles. The van der Waals surface area contributed by atoms with Crippen LogP contribution in [-0.4, -0.2) is 77.3 Å². The fourth-order valence-electron chi connectivity index (χ4n) is 1.49. The second-order valence-corrected chi connectivity index (χ2v) is 3.63. The molecular weight excluding hydrogens is 232 g/mol. The predicted octanol–water partition coefficient (Wildman–Crippen LogP) is -2.17. The van der Waals surface area contributed by atoms with Crippen molar-refractivity contribution in [2.45, 2.75) is 12.1 Å². The molecule has 98 valence electrons. The minimum absolute atomic E-state index is 0.209. The number of ether oxygens (including phenoxy) is 1. The molecule has 1 aliphatic rings. The average Bonchev–Trinajstić information content (AvgIpc) is 2.35. The van der Waals surface area contributed by atoms with Gasteiger partial charge < -0.3 is 30.3 Å². The minimum atomic E-state index is -1.34. The quantitative estimate of drug-likeness (QED) is 0.449. The summed E-state index contributed by atoms with van der Waals surface area (Å²) >= 11 is 0. The molecule has 2 unspecified atom stereocenters. The fraction of sp³-hybridized carbons (Fsp3) is 0.778. The normalized spacial score (nSPS) is 22.0. The van der Waals surface area contributed by atoms with Crippen LogP contribution in [0.4, 0.5) is 4.79 Å². The van der Waals surface area contributed by atoms with E-state index in [1.165, 1.54) is 4.90 Å². The summed E-state index contributed by atoms with van der Waals surface area (Å²) in [6, 6.07) is -2.46. The number of carbonyl (C=O) groups is 2. The van der Waals surface area contributed by atoms with E-state index in [2.05, 4.69) is 5.32 Å². The SMILES string of the molecule is O=C(O)C(CO)NC(=O)N1CCOCC1CO. The van der Waals surface area contributed by atoms with Gasteiger partial charge in [0.25, 0.3) is 0 Å². The highest BCUT2D eigenvalue weighted by Gasteiger charge is 2.29. The van der Waals surface area contributed by atoms with Crippen molar-refractivity contribution >= 4 is 12.0 Å². The van der Waals surface area contributed by atoms with Gasteiger partial charge in [0.05, 0.1) is 32.5 Å². The third kappa shape index (κ3) is 3.55. The summed E-state index contributed by atoms with van der Waals surface area (Å²) in [4.78, 5) is 23.6. The molecule has 8 nitrogen and oxygen atoms in total. The number of urea groups is 1. The van der Waals surface area contributed by atoms with E-state index in [1.807, 2.05) is 0 Å². The number of hydrogen-bond donors (Lipinski definition) is 4. The molecule has 2 atom stereocenters. The van der Waals surface area contributed by atoms with Crippen LogP contribution < -0.4 is 5.32 Å². The molecule has 17 heavy (non-hydrogen) atoms. The first-order valence-corrected chi connectivity index (χ1v) is 5.19. The molecule has 0 aromatic rings. The zero-order valence-corrected chi connectivity index (χ0v) is 9.20. The van der Waals surface area contributed by atoms with E-state index in [4.69, 9.17) is 20.1 Å². The van der Waals surface area contributed by atoms with Gasteiger partial charge in [-0.25, -0.2) is 9.59 Å². The Morgan fingerprint density at radius 2 is 2.18 bits per heavy atom. The number of carboxylic acid groups (broad SMARTS) is 1. The molecule has 1 fully saturated rings. The summed E-state index contributed by atoms with van der Waals surface area (Å²) in [6.45, 7) is -0.129. The molecule has 8 heteroatoms. The molecule has 0 radical (unpaired) electrons. The molecule has 1 saturated heterocycles. The number of morpholine rings is 1. The van der Waals surface area contributed by atoms with Gasteiger partial charge >= 0.3 is 12.0 Å². The van der Waals surface area contributed by atoms with E-state index in [0.29, 0.717) is 6.61 Å². The molecule has 0 aliphatic carbocycles. The smallest absolute Gasteiger partial charge is 0.328 e. The second kappa shape index (κ2) is 6.38. The first-order chi connectivity index (χ1) is 8.10. The number of amides is 2. The Morgan fingerprint density at radius 1 is 1.47 bits per heavy atom. The number of carboxylic acids is 1. The molecule has 1 heterocycles. The van der Waals surface area contributed by atoms with Crippen LogP contribution in [0.5, 0.6) is 0 Å². The zero-order chi connectivity index (χ0) is 12.8. The van der Waals surface area contributed by atoms with Crippen molar-refractivity contribution < 1.29 is 29.6 Å². The van der Waals surface area contributed by atoms with Crippen LogP contribution in [0.1, 0.15) is 0 Å². The minimum Gasteiger partial charge on any atom is -0.480 e. The van der Waals surface area contributed by atoms with Gasteiger partial charge in [-0.05, 0) is 0 Å². The Bertz CT molecular complexity index is 285. The third-order valence-corrected chi connectivity index (χ3v) is 2.48. The third-order valence-electron chi connectivity index (χ3n) is 2.48. The van der Waals surface area contributed by atoms with Crippen molar-refractivity contribution in [1.82, 2.24) is 10.2 Å². The summed E-state index contributed by atoms with van der Waals surface area (Å²) in [5.41, 5.74) is 0. The number of carbonyl (C=O) groups excluding carboxylic acids is 1. The highest BCUT2D eigenvalue weighted by molar-refractivity contribution is 5.82. The largest absolute Gasteiger partial charge is 0.480 e. The van der Waals surface area contributed by atoms with Crippen LogP contribution in [0.15, 0.2) is 0 Å². The molecule has 0 bridgehead atoms. The number of nitrogens with zero attached hydrogens (tertiary/aromatic N) is 1. The van der Waals surface area contributed by atoms with Crippen LogP contribution in [-0.2, 0) is 9.53 Å². The monoisotopic (exact) mass is 248 g/mol. The highest BCUT2D eigenvalue weighted by atomic mass is 16.5. The molecule has 0 spiro atoms. The van der Waals surface area contributed by atoms with Crippen LogP contribution >= 0.6 is 0 Å². The molecule has 1 rings (SSSR count). The lowest BCUT2D eigenvalue weighted by molar-refractivity contribution is -0.140. The molecule has 0 aromatic heterocycles. The summed E-state index contributed by atoms with van der Waals surface area (Å²) in [5.74, 6) is -1.31. The van der Waals surface area contributed by atoms with Crippen LogP contribution in [0.3, 0.4) is 0 Å². The van der Waals surface area contributed by atoms with Gasteiger partial charge in [-0.15, -0.1) is 0 Å². The predicted molar refractivity (Wildman–Crippen MR) is 55.4 cm³/mol. The Balaban J connectivity index is 2.58. The van der Waals surface area contributed by atoms with Gasteiger partial charge in [-0.1, -0.05) is 0 Å². The lowest BCUT2D eigenvalue weighted by Crippen LogP contribution is -2.57. The van der Waals surface area contributed by atoms with Crippen molar-refractivity contribution in [3.63, 3.8) is 0 Å². The van der Waals surface area contributed by atoms with E-state index in [-0.39, 0.29) is 19.8 Å². The summed E-state index contributed by atoms with van der Waals surface area (Å²) in [7, 11) is 0. The molecule has 4 N–H and O–H groups in total. The van der Waals surface area contributed by atoms with Crippen LogP contribution in [0.25, 0.3) is 0 Å². The fourth-order valence-corrected chi connectivity index (χ4v) is 1.49. The van der Waals surface area contributed by atoms with Gasteiger partial charge in [0.1, 0.15) is 0 Å². The lowest BCUT2D eigenvalue weighted by atomic mass is 10.2. The Labute approximate surface area is 97.8 Å². The number of aliphatic carboxylic acids is 1. The number of nitrogens with one attached hydrogen (secondary N) is 1. The summed E-state index contributed by atoms with van der Waals surface area (Å²) in [5, 5.41) is 28.7. The topological polar surface area (TPSA) is 119 Å². The number of aliphatic hydroxyl groups is 2. The van der Waals surface area contributed by atoms with E-state index >= 15 is 0 Å². The molecule has 2 amide bonds. The maximum absolute atomic E-state index is 11.7. The Kier molecular flexibility index (Phi) is 5.13. The van der Waals surface area contributed by atoms with Gasteiger partial charge in [-0.3, -0.25) is 0 Å². The average molecular weight is 248 g/mol. The molecule has 0 aromatic carbocycles. The maximum atomic E-state index is 11.7. The van der Waals surface area contributed by atoms with Crippen LogP contribution in [0, 0.1) is 0 Å². The summed E-state index contributed by atoms with van der Waals surface area (Å²) in [6.07, 6.45) is 0. The maximum Gasteiger partial charge on any atom is 0.328 e. The van der Waals surface area contributed by atoms with E-state index in [0.717, 1.165) is 0 Å². The standard InChI is InChI=1S/C9H16N2O6/c12-3-6-5-17-2-1-11(6)9(16)10-7(4-13)8(14)15/h6-7,12-13H,1-5H2,(H,10,16)(H,14,15). The van der Waals surface area contributed by atoms with Crippen molar-refractivity contribution in [1.29, 1.82) is 0 Å². The second-order valence-electron chi connectivity index (χ2n) is 3.63. The van der Waals surface area contributed by atoms with Crippen molar-refractivity contribution in [3.8, 4) is 0 Å². The van der Waals surface area contributed by atoms with Crippen molar-refractivity contribution in [3.05, 3.63) is 0 Å². The summed E-state index contributed by atoms with van der Waals surface area (Å²) < 4.78 is 5.08. The first kappa shape index (κ1) is 13.7. The van der Waals surface area contributed by atoms with E-state index < -0.39 is 30.7 Å². The van der Waals surface area contributed by atoms with E-state index in [1.54, 1.807) is 0 Å². The number of hydrogen-bond acceptors (Lipinski definition) is 5. The van der Waals surface area contributed by atoms with Gasteiger partial charge in [0.15, 0.2) is 6.04 Å². The first-order valence-electron chi connectivity index (χ1n) is 5.19. The van der Waals surface area contributed by atoms with Crippen molar-refractivity contribution in [2.24, 2.45) is 0 Å². The zero-order valence-electron chi connectivity index (χ0n) is 9.20. The lowest BCUT2D eigenvalue weighted by Gasteiger charge is -2.34.